The predicted octanol–water partition coefficient (Wildman–Crippen LogP) is 4.40. The topological polar surface area (TPSA) is 0 Å². The molecule has 68 valence electrons. The maximum Gasteiger partial charge on any atom is 0.159 e. The van der Waals surface area contributed by atoms with Crippen molar-refractivity contribution in [3.63, 3.8) is 0 Å². The van der Waals surface area contributed by atoms with Crippen LogP contribution in [0.15, 0.2) is 0 Å². The summed E-state index contributed by atoms with van der Waals surface area (Å²) in [4.78, 5) is 0. The Morgan fingerprint density at radius 1 is 1.27 bits per heavy atom. The lowest BCUT2D eigenvalue weighted by atomic mass is 10.4. The Kier molecular flexibility index (Phi) is 5.45. The van der Waals surface area contributed by atoms with E-state index in [2.05, 4.69) is 27.7 Å². The zero-order valence-electron chi connectivity index (χ0n) is 8.28. The highest BCUT2D eigenvalue weighted by molar-refractivity contribution is 7.21. The Labute approximate surface area is 77.0 Å². The lowest BCUT2D eigenvalue weighted by Crippen LogP contribution is -2.30. The maximum absolute atomic E-state index is 6.61. The molecule has 0 saturated carbocycles. The molecule has 0 heterocycles. The Hall–Kier alpha value is 0.507. The number of hydrogen-bond donors (Lipinski definition) is 0. The van der Waals surface area contributed by atoms with Crippen LogP contribution in [-0.4, -0.2) is 7.38 Å². The third-order valence-corrected chi connectivity index (χ3v) is 9.92. The average Bonchev–Trinajstić information content (AvgIpc) is 2.03. The molecule has 0 aromatic carbocycles. The molecule has 0 bridgehead atoms. The van der Waals surface area contributed by atoms with E-state index < -0.39 is 7.38 Å². The maximum atomic E-state index is 6.61. The highest BCUT2D eigenvalue weighted by Crippen LogP contribution is 2.36. The van der Waals surface area contributed by atoms with E-state index in [1.807, 2.05) is 0 Å². The normalized spacial score (nSPS) is 19.4. The summed E-state index contributed by atoms with van der Waals surface area (Å²) in [5.74, 6) is 0. The lowest BCUT2D eigenvalue weighted by molar-refractivity contribution is 0.826. The molecule has 0 aliphatic carbocycles. The van der Waals surface area contributed by atoms with Gasteiger partial charge < -0.3 is 0 Å². The minimum Gasteiger partial charge on any atom is -0.167 e. The molecule has 0 fully saturated rings. The van der Waals surface area contributed by atoms with E-state index in [0.29, 0.717) is 0 Å². The van der Waals surface area contributed by atoms with Crippen molar-refractivity contribution in [1.29, 1.82) is 0 Å². The van der Waals surface area contributed by atoms with Crippen molar-refractivity contribution in [3.8, 4) is 0 Å². The van der Waals surface area contributed by atoms with E-state index in [-0.39, 0.29) is 0 Å². The van der Waals surface area contributed by atoms with Gasteiger partial charge in [-0.2, -0.15) is 11.1 Å². The lowest BCUT2D eigenvalue weighted by Gasteiger charge is -2.28. The highest BCUT2D eigenvalue weighted by atomic mass is 35.6. The second-order valence-electron chi connectivity index (χ2n) is 3.45. The van der Waals surface area contributed by atoms with Crippen LogP contribution in [0.5, 0.6) is 0 Å². The Morgan fingerprint density at radius 2 is 1.82 bits per heavy atom. The van der Waals surface area contributed by atoms with Crippen molar-refractivity contribution in [1.82, 2.24) is 0 Å². The van der Waals surface area contributed by atoms with Crippen molar-refractivity contribution in [2.75, 3.05) is 0 Å². The van der Waals surface area contributed by atoms with Crippen molar-refractivity contribution in [2.24, 2.45) is 0 Å². The first-order valence-electron chi connectivity index (χ1n) is 4.79. The summed E-state index contributed by atoms with van der Waals surface area (Å²) >= 11 is 6.61. The summed E-state index contributed by atoms with van der Waals surface area (Å²) in [7, 11) is -1.35. The molecule has 2 unspecified atom stereocenters. The SMILES string of the molecule is CCC[Si](Cl)(CC)C(C)CC. The molecule has 0 saturated heterocycles. The monoisotopic (exact) mass is 192 g/mol. The van der Waals surface area contributed by atoms with Crippen molar-refractivity contribution in [3.05, 3.63) is 0 Å². The summed E-state index contributed by atoms with van der Waals surface area (Å²) in [6.45, 7) is 9.06. The van der Waals surface area contributed by atoms with Crippen molar-refractivity contribution >= 4 is 18.5 Å². The molecule has 0 rings (SSSR count). The van der Waals surface area contributed by atoms with E-state index in [4.69, 9.17) is 11.1 Å². The van der Waals surface area contributed by atoms with Gasteiger partial charge in [0.15, 0.2) is 7.38 Å². The first-order chi connectivity index (χ1) is 5.10. The van der Waals surface area contributed by atoms with Gasteiger partial charge in [0.1, 0.15) is 0 Å². The number of hydrogen-bond acceptors (Lipinski definition) is 0. The molecular formula is C9H21ClSi. The molecule has 0 N–H and O–H groups in total. The fraction of sp³-hybridized carbons (Fsp3) is 1.00. The van der Waals surface area contributed by atoms with Crippen LogP contribution in [0.3, 0.4) is 0 Å². The Balaban J connectivity index is 4.07. The minimum absolute atomic E-state index is 0.786. The van der Waals surface area contributed by atoms with Crippen molar-refractivity contribution < 1.29 is 0 Å². The van der Waals surface area contributed by atoms with Crippen LogP contribution in [-0.2, 0) is 0 Å². The van der Waals surface area contributed by atoms with Gasteiger partial charge in [0, 0.05) is 0 Å². The van der Waals surface area contributed by atoms with Gasteiger partial charge in [-0.1, -0.05) is 40.5 Å². The fourth-order valence-electron chi connectivity index (χ4n) is 1.55. The zero-order chi connectivity index (χ0) is 8.91. The van der Waals surface area contributed by atoms with E-state index >= 15 is 0 Å². The molecule has 0 aliphatic heterocycles. The molecule has 0 spiro atoms. The van der Waals surface area contributed by atoms with Gasteiger partial charge in [0.2, 0.25) is 0 Å². The number of halogens is 1. The van der Waals surface area contributed by atoms with Gasteiger partial charge in [-0.15, -0.1) is 0 Å². The Morgan fingerprint density at radius 3 is 2.09 bits per heavy atom. The van der Waals surface area contributed by atoms with E-state index in [9.17, 15) is 0 Å². The molecule has 0 amide bonds. The second kappa shape index (κ2) is 5.21. The molecule has 0 aliphatic rings. The minimum atomic E-state index is -1.35. The molecule has 2 heteroatoms. The number of rotatable bonds is 5. The summed E-state index contributed by atoms with van der Waals surface area (Å²) in [6, 6.07) is 2.53. The van der Waals surface area contributed by atoms with Gasteiger partial charge >= 0.3 is 0 Å². The molecular weight excluding hydrogens is 172 g/mol. The van der Waals surface area contributed by atoms with Gasteiger partial charge in [-0.3, -0.25) is 0 Å². The molecule has 0 nitrogen and oxygen atoms in total. The van der Waals surface area contributed by atoms with E-state index in [0.717, 1.165) is 5.54 Å². The molecule has 0 aromatic rings. The third-order valence-electron chi connectivity index (χ3n) is 2.75. The van der Waals surface area contributed by atoms with Crippen LogP contribution in [0.2, 0.25) is 17.6 Å². The molecule has 2 atom stereocenters. The summed E-state index contributed by atoms with van der Waals surface area (Å²) in [6.07, 6.45) is 2.51. The van der Waals surface area contributed by atoms with Crippen LogP contribution < -0.4 is 0 Å². The molecule has 0 radical (unpaired) electrons. The fourth-order valence-corrected chi connectivity index (χ4v) is 5.69. The Bertz CT molecular complexity index is 106. The second-order valence-corrected chi connectivity index (χ2v) is 9.97. The van der Waals surface area contributed by atoms with Gasteiger partial charge in [-0.05, 0) is 17.6 Å². The van der Waals surface area contributed by atoms with Gasteiger partial charge in [0.25, 0.3) is 0 Å². The summed E-state index contributed by atoms with van der Waals surface area (Å²) < 4.78 is 0. The highest BCUT2D eigenvalue weighted by Gasteiger charge is 2.32. The van der Waals surface area contributed by atoms with Crippen LogP contribution >= 0.6 is 11.1 Å². The van der Waals surface area contributed by atoms with Gasteiger partial charge in [-0.25, -0.2) is 0 Å². The van der Waals surface area contributed by atoms with Crippen LogP contribution in [0.1, 0.15) is 40.5 Å². The summed E-state index contributed by atoms with van der Waals surface area (Å²) in [5.41, 5.74) is 0.786. The van der Waals surface area contributed by atoms with Crippen molar-refractivity contribution in [2.45, 2.75) is 58.2 Å². The first kappa shape index (κ1) is 11.5. The average molecular weight is 193 g/mol. The van der Waals surface area contributed by atoms with Crippen LogP contribution in [0, 0.1) is 0 Å². The first-order valence-corrected chi connectivity index (χ1v) is 8.30. The van der Waals surface area contributed by atoms with E-state index in [1.165, 1.54) is 24.9 Å². The van der Waals surface area contributed by atoms with Crippen LogP contribution in [0.4, 0.5) is 0 Å². The quantitative estimate of drug-likeness (QED) is 0.448. The van der Waals surface area contributed by atoms with Gasteiger partial charge in [0.05, 0.1) is 0 Å². The third kappa shape index (κ3) is 3.16. The standard InChI is InChI=1S/C9H21ClSi/c1-5-8-11(10,7-3)9(4)6-2/h9H,5-8H2,1-4H3. The molecule has 0 aromatic heterocycles. The largest absolute Gasteiger partial charge is 0.167 e. The van der Waals surface area contributed by atoms with Crippen LogP contribution in [0.25, 0.3) is 0 Å². The molecule has 11 heavy (non-hydrogen) atoms. The smallest absolute Gasteiger partial charge is 0.159 e. The van der Waals surface area contributed by atoms with E-state index in [1.54, 1.807) is 0 Å². The summed E-state index contributed by atoms with van der Waals surface area (Å²) in [5, 5.41) is 0. The predicted molar refractivity (Wildman–Crippen MR) is 56.9 cm³/mol. The zero-order valence-corrected chi connectivity index (χ0v) is 10.0.